The number of amides is 2. The molecule has 1 atom stereocenters. The van der Waals surface area contributed by atoms with Crippen LogP contribution in [-0.4, -0.2) is 60.0 Å². The Hall–Kier alpha value is -2.41. The molecule has 0 unspecified atom stereocenters. The molecule has 27 heavy (non-hydrogen) atoms. The third-order valence-electron chi connectivity index (χ3n) is 4.33. The fraction of sp³-hybridized carbons (Fsp3) is 0.550. The lowest BCUT2D eigenvalue weighted by atomic mass is 10.0. The minimum Gasteiger partial charge on any atom is -0.480 e. The van der Waals surface area contributed by atoms with Gasteiger partial charge in [0.25, 0.3) is 11.8 Å². The van der Waals surface area contributed by atoms with Crippen molar-refractivity contribution >= 4 is 17.8 Å². The fourth-order valence-corrected chi connectivity index (χ4v) is 2.68. The van der Waals surface area contributed by atoms with E-state index in [1.54, 1.807) is 12.1 Å². The van der Waals surface area contributed by atoms with Gasteiger partial charge in [0.2, 0.25) is 0 Å². The molecule has 0 spiro atoms. The second-order valence-corrected chi connectivity index (χ2v) is 6.85. The van der Waals surface area contributed by atoms with Gasteiger partial charge in [-0.15, -0.1) is 0 Å². The van der Waals surface area contributed by atoms with E-state index in [2.05, 4.69) is 29.4 Å². The number of nitrogens with one attached hydrogen (secondary N) is 2. The number of carboxylic acid groups (broad SMARTS) is 1. The van der Waals surface area contributed by atoms with Crippen LogP contribution in [0.25, 0.3) is 0 Å². The van der Waals surface area contributed by atoms with Gasteiger partial charge in [0.15, 0.2) is 0 Å². The van der Waals surface area contributed by atoms with E-state index >= 15 is 0 Å². The largest absolute Gasteiger partial charge is 0.480 e. The predicted molar refractivity (Wildman–Crippen MR) is 105 cm³/mol. The van der Waals surface area contributed by atoms with Crippen molar-refractivity contribution in [2.75, 3.05) is 26.2 Å². The van der Waals surface area contributed by atoms with Crippen LogP contribution in [0.2, 0.25) is 0 Å². The van der Waals surface area contributed by atoms with Gasteiger partial charge in [-0.1, -0.05) is 27.7 Å². The van der Waals surface area contributed by atoms with Crippen molar-refractivity contribution in [3.8, 4) is 0 Å². The molecule has 1 aromatic rings. The number of hydrogen-bond acceptors (Lipinski definition) is 4. The van der Waals surface area contributed by atoms with Crippen LogP contribution in [0.3, 0.4) is 0 Å². The third kappa shape index (κ3) is 7.78. The van der Waals surface area contributed by atoms with E-state index in [9.17, 15) is 19.5 Å². The molecular weight excluding hydrogens is 346 g/mol. The normalized spacial score (nSPS) is 12.1. The molecule has 2 amide bonds. The second-order valence-electron chi connectivity index (χ2n) is 6.85. The van der Waals surface area contributed by atoms with Crippen LogP contribution in [0.1, 0.15) is 54.8 Å². The van der Waals surface area contributed by atoms with Crippen molar-refractivity contribution in [1.29, 1.82) is 0 Å². The number of carboxylic acids is 1. The smallest absolute Gasteiger partial charge is 0.326 e. The number of hydrogen-bond donors (Lipinski definition) is 3. The Balaban J connectivity index is 2.62. The zero-order valence-corrected chi connectivity index (χ0v) is 16.6. The highest BCUT2D eigenvalue weighted by molar-refractivity contribution is 5.99. The molecule has 0 fully saturated rings. The molecule has 0 aromatic heterocycles. The number of rotatable bonds is 11. The Morgan fingerprint density at radius 1 is 1.00 bits per heavy atom. The molecule has 150 valence electrons. The Kier molecular flexibility index (Phi) is 9.50. The van der Waals surface area contributed by atoms with Gasteiger partial charge in [-0.05, 0) is 49.7 Å². The first kappa shape index (κ1) is 22.6. The lowest BCUT2D eigenvalue weighted by Crippen LogP contribution is -2.41. The number of carbonyl (C=O) groups excluding carboxylic acids is 2. The minimum atomic E-state index is -1.05. The number of nitrogens with zero attached hydrogens (tertiary/aromatic N) is 1. The average Bonchev–Trinajstić information content (AvgIpc) is 2.64. The Morgan fingerprint density at radius 2 is 1.52 bits per heavy atom. The maximum atomic E-state index is 12.3. The van der Waals surface area contributed by atoms with Gasteiger partial charge >= 0.3 is 5.97 Å². The van der Waals surface area contributed by atoms with Crippen LogP contribution < -0.4 is 10.6 Å². The summed E-state index contributed by atoms with van der Waals surface area (Å²) in [6, 6.07) is 5.27. The quantitative estimate of drug-likeness (QED) is 0.548. The molecule has 1 rings (SSSR count). The van der Waals surface area contributed by atoms with Gasteiger partial charge < -0.3 is 20.6 Å². The topological polar surface area (TPSA) is 98.7 Å². The van der Waals surface area contributed by atoms with E-state index in [0.29, 0.717) is 24.1 Å². The monoisotopic (exact) mass is 377 g/mol. The summed E-state index contributed by atoms with van der Waals surface area (Å²) in [5, 5.41) is 14.6. The lowest BCUT2D eigenvalue weighted by Gasteiger charge is -2.18. The average molecular weight is 377 g/mol. The van der Waals surface area contributed by atoms with E-state index < -0.39 is 17.9 Å². The molecule has 0 saturated carbocycles. The molecule has 3 N–H and O–H groups in total. The molecule has 0 radical (unpaired) electrons. The first-order valence-electron chi connectivity index (χ1n) is 9.42. The number of likely N-dealkylation sites (N-methyl/N-ethyl adjacent to an activating group) is 1. The van der Waals surface area contributed by atoms with Gasteiger partial charge in [-0.2, -0.15) is 0 Å². The van der Waals surface area contributed by atoms with Crippen LogP contribution in [0.15, 0.2) is 24.3 Å². The summed E-state index contributed by atoms with van der Waals surface area (Å²) in [4.78, 5) is 37.9. The predicted octanol–water partition coefficient (Wildman–Crippen LogP) is 1.99. The summed E-state index contributed by atoms with van der Waals surface area (Å²) in [5.41, 5.74) is 0.785. The Morgan fingerprint density at radius 3 is 1.96 bits per heavy atom. The standard InChI is InChI=1S/C20H31N3O4/c1-5-23(6-2)12-11-21-18(24)15-7-9-16(10-8-15)19(25)22-17(20(26)27)13-14(3)4/h7-10,14,17H,5-6,11-13H2,1-4H3,(H,21,24)(H,22,25)(H,26,27)/t17-/m0/s1. The zero-order valence-electron chi connectivity index (χ0n) is 16.6. The third-order valence-corrected chi connectivity index (χ3v) is 4.33. The van der Waals surface area contributed by atoms with Gasteiger partial charge in [-0.3, -0.25) is 9.59 Å². The van der Waals surface area contributed by atoms with Crippen molar-refractivity contribution in [2.45, 2.75) is 40.2 Å². The van der Waals surface area contributed by atoms with E-state index in [4.69, 9.17) is 0 Å². The second kappa shape index (κ2) is 11.3. The molecule has 0 bridgehead atoms. The molecule has 0 heterocycles. The number of aliphatic carboxylic acids is 1. The van der Waals surface area contributed by atoms with Crippen LogP contribution >= 0.6 is 0 Å². The SMILES string of the molecule is CCN(CC)CCNC(=O)c1ccc(C(=O)N[C@@H](CC(C)C)C(=O)O)cc1. The summed E-state index contributed by atoms with van der Waals surface area (Å²) >= 11 is 0. The summed E-state index contributed by atoms with van der Waals surface area (Å²) < 4.78 is 0. The van der Waals surface area contributed by atoms with Gasteiger partial charge in [0, 0.05) is 24.2 Å². The maximum absolute atomic E-state index is 12.3. The highest BCUT2D eigenvalue weighted by Crippen LogP contribution is 2.08. The van der Waals surface area contributed by atoms with E-state index in [1.165, 1.54) is 12.1 Å². The highest BCUT2D eigenvalue weighted by Gasteiger charge is 2.21. The zero-order chi connectivity index (χ0) is 20.4. The van der Waals surface area contributed by atoms with E-state index in [1.807, 2.05) is 13.8 Å². The summed E-state index contributed by atoms with van der Waals surface area (Å²) in [5.74, 6) is -1.57. The van der Waals surface area contributed by atoms with Gasteiger partial charge in [0.05, 0.1) is 0 Å². The van der Waals surface area contributed by atoms with Crippen molar-refractivity contribution in [3.63, 3.8) is 0 Å². The molecule has 0 aliphatic rings. The van der Waals surface area contributed by atoms with Crippen LogP contribution in [0.5, 0.6) is 0 Å². The minimum absolute atomic E-state index is 0.147. The Labute approximate surface area is 161 Å². The highest BCUT2D eigenvalue weighted by atomic mass is 16.4. The molecule has 7 heteroatoms. The van der Waals surface area contributed by atoms with Crippen molar-refractivity contribution < 1.29 is 19.5 Å². The fourth-order valence-electron chi connectivity index (χ4n) is 2.68. The molecule has 7 nitrogen and oxygen atoms in total. The Bertz CT molecular complexity index is 625. The molecule has 1 aromatic carbocycles. The van der Waals surface area contributed by atoms with Crippen LogP contribution in [0, 0.1) is 5.92 Å². The molecular formula is C20H31N3O4. The summed E-state index contributed by atoms with van der Waals surface area (Å²) in [7, 11) is 0. The molecule has 0 aliphatic carbocycles. The molecule has 0 aliphatic heterocycles. The molecule has 0 saturated heterocycles. The van der Waals surface area contributed by atoms with Crippen LogP contribution in [0.4, 0.5) is 0 Å². The first-order chi connectivity index (χ1) is 12.8. The van der Waals surface area contributed by atoms with Gasteiger partial charge in [-0.25, -0.2) is 4.79 Å². The van der Waals surface area contributed by atoms with Crippen molar-refractivity contribution in [1.82, 2.24) is 15.5 Å². The summed E-state index contributed by atoms with van der Waals surface area (Å²) in [6.45, 7) is 11.2. The van der Waals surface area contributed by atoms with Gasteiger partial charge in [0.1, 0.15) is 6.04 Å². The maximum Gasteiger partial charge on any atom is 0.326 e. The van der Waals surface area contributed by atoms with Crippen molar-refractivity contribution in [3.05, 3.63) is 35.4 Å². The number of carbonyl (C=O) groups is 3. The first-order valence-corrected chi connectivity index (χ1v) is 9.42. The van der Waals surface area contributed by atoms with E-state index in [0.717, 1.165) is 19.6 Å². The van der Waals surface area contributed by atoms with E-state index in [-0.39, 0.29) is 11.8 Å². The van der Waals surface area contributed by atoms with Crippen LogP contribution in [-0.2, 0) is 4.79 Å². The van der Waals surface area contributed by atoms with Crippen molar-refractivity contribution in [2.24, 2.45) is 5.92 Å². The summed E-state index contributed by atoms with van der Waals surface area (Å²) in [6.07, 6.45) is 0.355. The lowest BCUT2D eigenvalue weighted by molar-refractivity contribution is -0.139. The number of benzene rings is 1.